The van der Waals surface area contributed by atoms with Crippen molar-refractivity contribution in [3.05, 3.63) is 0 Å². The number of rotatable bonds is 4. The maximum atomic E-state index is 12.6. The Hall–Kier alpha value is -0.570. The number of piperidine rings is 1. The first-order chi connectivity index (χ1) is 9.28. The minimum Gasteiger partial charge on any atom is -0.338 e. The van der Waals surface area contributed by atoms with Crippen LogP contribution < -0.4 is 5.32 Å². The summed E-state index contributed by atoms with van der Waals surface area (Å²) in [6, 6.07) is 1.31. The molecule has 3 aliphatic rings. The fraction of sp³-hybridized carbons (Fsp3) is 0.938. The van der Waals surface area contributed by atoms with Gasteiger partial charge in [-0.25, -0.2) is 0 Å². The first-order valence-corrected chi connectivity index (χ1v) is 8.34. The molecule has 1 aliphatic heterocycles. The van der Waals surface area contributed by atoms with Crippen molar-refractivity contribution in [1.82, 2.24) is 10.2 Å². The van der Waals surface area contributed by atoms with Crippen LogP contribution in [0, 0.1) is 5.92 Å². The van der Waals surface area contributed by atoms with Gasteiger partial charge in [0, 0.05) is 18.6 Å². The summed E-state index contributed by atoms with van der Waals surface area (Å²) in [6.45, 7) is 3.30. The molecule has 0 spiro atoms. The highest BCUT2D eigenvalue weighted by Crippen LogP contribution is 2.32. The van der Waals surface area contributed by atoms with Crippen molar-refractivity contribution in [2.24, 2.45) is 5.92 Å². The highest BCUT2D eigenvalue weighted by molar-refractivity contribution is 5.83. The predicted octanol–water partition coefficient (Wildman–Crippen LogP) is 2.70. The molecule has 2 aliphatic carbocycles. The lowest BCUT2D eigenvalue weighted by Crippen LogP contribution is -2.55. The zero-order valence-electron chi connectivity index (χ0n) is 12.2. The van der Waals surface area contributed by atoms with Crippen molar-refractivity contribution in [3.63, 3.8) is 0 Å². The van der Waals surface area contributed by atoms with Crippen LogP contribution in [0.15, 0.2) is 0 Å². The van der Waals surface area contributed by atoms with E-state index < -0.39 is 0 Å². The molecule has 0 bridgehead atoms. The Labute approximate surface area is 117 Å². The van der Waals surface area contributed by atoms with Crippen molar-refractivity contribution < 1.29 is 4.79 Å². The van der Waals surface area contributed by atoms with Gasteiger partial charge in [0.15, 0.2) is 0 Å². The number of hydrogen-bond donors (Lipinski definition) is 1. The van der Waals surface area contributed by atoms with Gasteiger partial charge in [-0.3, -0.25) is 4.79 Å². The fourth-order valence-electron chi connectivity index (χ4n) is 3.87. The van der Waals surface area contributed by atoms with Crippen molar-refractivity contribution in [2.45, 2.75) is 82.8 Å². The van der Waals surface area contributed by atoms with Crippen LogP contribution in [0.25, 0.3) is 0 Å². The van der Waals surface area contributed by atoms with Crippen LogP contribution in [-0.4, -0.2) is 35.5 Å². The zero-order valence-corrected chi connectivity index (χ0v) is 12.2. The maximum absolute atomic E-state index is 12.6. The first-order valence-electron chi connectivity index (χ1n) is 8.34. The average molecular weight is 264 g/mol. The molecule has 108 valence electrons. The molecular weight excluding hydrogens is 236 g/mol. The molecule has 3 nitrogen and oxygen atoms in total. The van der Waals surface area contributed by atoms with E-state index in [0.29, 0.717) is 18.0 Å². The second-order valence-corrected chi connectivity index (χ2v) is 6.76. The Morgan fingerprint density at radius 2 is 2.00 bits per heavy atom. The van der Waals surface area contributed by atoms with Crippen molar-refractivity contribution in [3.8, 4) is 0 Å². The van der Waals surface area contributed by atoms with E-state index in [2.05, 4.69) is 17.1 Å². The third-order valence-electron chi connectivity index (χ3n) is 5.26. The number of hydrogen-bond acceptors (Lipinski definition) is 2. The molecule has 3 heteroatoms. The topological polar surface area (TPSA) is 32.3 Å². The second kappa shape index (κ2) is 5.82. The standard InChI is InChI=1S/C16H28N2O/c1-2-12-5-3-6-14(11-12)18-10-4-7-15(16(18)19)17-13-8-9-13/h12-15,17H,2-11H2,1H3. The summed E-state index contributed by atoms with van der Waals surface area (Å²) in [7, 11) is 0. The maximum Gasteiger partial charge on any atom is 0.239 e. The third kappa shape index (κ3) is 3.13. The van der Waals surface area contributed by atoms with E-state index in [0.717, 1.165) is 18.9 Å². The van der Waals surface area contributed by atoms with Crippen LogP contribution in [-0.2, 0) is 4.79 Å². The number of carbonyl (C=O) groups is 1. The van der Waals surface area contributed by atoms with E-state index in [4.69, 9.17) is 0 Å². The van der Waals surface area contributed by atoms with Crippen LogP contribution in [0.2, 0.25) is 0 Å². The minimum absolute atomic E-state index is 0.128. The predicted molar refractivity (Wildman–Crippen MR) is 76.9 cm³/mol. The number of carbonyl (C=O) groups excluding carboxylic acids is 1. The Morgan fingerprint density at radius 1 is 1.16 bits per heavy atom. The van der Waals surface area contributed by atoms with E-state index in [1.807, 2.05) is 0 Å². The van der Waals surface area contributed by atoms with Crippen LogP contribution in [0.5, 0.6) is 0 Å². The summed E-state index contributed by atoms with van der Waals surface area (Å²) in [4.78, 5) is 14.9. The van der Waals surface area contributed by atoms with Crippen molar-refractivity contribution in [2.75, 3.05) is 6.54 Å². The quantitative estimate of drug-likeness (QED) is 0.846. The lowest BCUT2D eigenvalue weighted by Gasteiger charge is -2.42. The van der Waals surface area contributed by atoms with Crippen LogP contribution in [0.3, 0.4) is 0 Å². The molecule has 1 saturated heterocycles. The summed E-state index contributed by atoms with van der Waals surface area (Å²) in [5.41, 5.74) is 0. The Kier molecular flexibility index (Phi) is 4.11. The van der Waals surface area contributed by atoms with E-state index in [1.54, 1.807) is 0 Å². The molecule has 1 heterocycles. The van der Waals surface area contributed by atoms with Gasteiger partial charge in [0.1, 0.15) is 0 Å². The number of nitrogens with zero attached hydrogens (tertiary/aromatic N) is 1. The number of nitrogens with one attached hydrogen (secondary N) is 1. The zero-order chi connectivity index (χ0) is 13.2. The van der Waals surface area contributed by atoms with E-state index >= 15 is 0 Å². The molecule has 1 amide bonds. The highest BCUT2D eigenvalue weighted by Gasteiger charge is 2.37. The van der Waals surface area contributed by atoms with E-state index in [9.17, 15) is 4.79 Å². The fourth-order valence-corrected chi connectivity index (χ4v) is 3.87. The molecule has 0 aromatic rings. The summed E-state index contributed by atoms with van der Waals surface area (Å²) in [6.07, 6.45) is 11.2. The normalized spacial score (nSPS) is 36.6. The summed E-state index contributed by atoms with van der Waals surface area (Å²) in [5.74, 6) is 1.25. The molecule has 0 radical (unpaired) electrons. The molecule has 0 aromatic heterocycles. The van der Waals surface area contributed by atoms with Gasteiger partial charge in [-0.1, -0.05) is 26.2 Å². The van der Waals surface area contributed by atoms with Crippen LogP contribution >= 0.6 is 0 Å². The van der Waals surface area contributed by atoms with Gasteiger partial charge in [-0.05, 0) is 44.4 Å². The van der Waals surface area contributed by atoms with Gasteiger partial charge in [-0.2, -0.15) is 0 Å². The van der Waals surface area contributed by atoms with Gasteiger partial charge in [-0.15, -0.1) is 0 Å². The molecule has 2 saturated carbocycles. The van der Waals surface area contributed by atoms with Gasteiger partial charge in [0.25, 0.3) is 0 Å². The van der Waals surface area contributed by atoms with Gasteiger partial charge >= 0.3 is 0 Å². The van der Waals surface area contributed by atoms with Gasteiger partial charge < -0.3 is 10.2 Å². The van der Waals surface area contributed by atoms with E-state index in [-0.39, 0.29) is 6.04 Å². The molecular formula is C16H28N2O. The lowest BCUT2D eigenvalue weighted by molar-refractivity contribution is -0.139. The monoisotopic (exact) mass is 264 g/mol. The largest absolute Gasteiger partial charge is 0.338 e. The molecule has 3 fully saturated rings. The lowest BCUT2D eigenvalue weighted by atomic mass is 9.82. The van der Waals surface area contributed by atoms with Crippen molar-refractivity contribution >= 4 is 5.91 Å². The number of amides is 1. The van der Waals surface area contributed by atoms with Crippen molar-refractivity contribution in [1.29, 1.82) is 0 Å². The average Bonchev–Trinajstić information content (AvgIpc) is 3.25. The van der Waals surface area contributed by atoms with Crippen LogP contribution in [0.4, 0.5) is 0 Å². The van der Waals surface area contributed by atoms with E-state index in [1.165, 1.54) is 51.4 Å². The SMILES string of the molecule is CCC1CCCC(N2CCCC(NC3CC3)C2=O)C1. The third-order valence-corrected chi connectivity index (χ3v) is 5.26. The summed E-state index contributed by atoms with van der Waals surface area (Å²) < 4.78 is 0. The molecule has 1 N–H and O–H groups in total. The molecule has 19 heavy (non-hydrogen) atoms. The first kappa shape index (κ1) is 13.4. The number of likely N-dealkylation sites (tertiary alicyclic amines) is 1. The second-order valence-electron chi connectivity index (χ2n) is 6.76. The Balaban J connectivity index is 1.60. The summed E-state index contributed by atoms with van der Waals surface area (Å²) in [5, 5.41) is 3.55. The smallest absolute Gasteiger partial charge is 0.239 e. The van der Waals surface area contributed by atoms with Gasteiger partial charge in [0.05, 0.1) is 6.04 Å². The Morgan fingerprint density at radius 3 is 2.74 bits per heavy atom. The summed E-state index contributed by atoms with van der Waals surface area (Å²) >= 11 is 0. The molecule has 3 atom stereocenters. The minimum atomic E-state index is 0.128. The molecule has 3 rings (SSSR count). The van der Waals surface area contributed by atoms with Crippen LogP contribution in [0.1, 0.15) is 64.7 Å². The molecule has 0 aromatic carbocycles. The Bertz CT molecular complexity index is 327. The molecule has 3 unspecified atom stereocenters. The highest BCUT2D eigenvalue weighted by atomic mass is 16.2. The van der Waals surface area contributed by atoms with Gasteiger partial charge in [0.2, 0.25) is 5.91 Å².